The fourth-order valence-electron chi connectivity index (χ4n) is 3.11. The summed E-state index contributed by atoms with van der Waals surface area (Å²) in [6, 6.07) is 24.5. The van der Waals surface area contributed by atoms with E-state index < -0.39 is 0 Å². The van der Waals surface area contributed by atoms with Gasteiger partial charge in [0, 0.05) is 5.56 Å². The summed E-state index contributed by atoms with van der Waals surface area (Å²) < 4.78 is 12.7. The Morgan fingerprint density at radius 3 is 2.32 bits per heavy atom. The Hall–Kier alpha value is -3.60. The molecule has 1 heterocycles. The molecule has 0 aliphatic heterocycles. The van der Waals surface area contributed by atoms with Crippen LogP contribution in [0.2, 0.25) is 0 Å². The first kappa shape index (κ1) is 17.8. The summed E-state index contributed by atoms with van der Waals surface area (Å²) in [6.45, 7) is 0.764. The molecule has 0 amide bonds. The lowest BCUT2D eigenvalue weighted by Crippen LogP contribution is -2.26. The third kappa shape index (κ3) is 3.60. The lowest BCUT2D eigenvalue weighted by atomic mass is 10.1. The van der Waals surface area contributed by atoms with Crippen molar-refractivity contribution in [2.75, 3.05) is 13.7 Å². The Kier molecular flexibility index (Phi) is 5.06. The number of methoxy groups -OCH3 is 1. The zero-order valence-corrected chi connectivity index (χ0v) is 15.5. The normalized spacial score (nSPS) is 10.8. The van der Waals surface area contributed by atoms with Crippen LogP contribution in [-0.4, -0.2) is 23.3 Å². The summed E-state index contributed by atoms with van der Waals surface area (Å²) in [5.41, 5.74) is 1.45. The van der Waals surface area contributed by atoms with Crippen molar-refractivity contribution < 1.29 is 9.47 Å². The van der Waals surface area contributed by atoms with Crippen LogP contribution >= 0.6 is 0 Å². The van der Waals surface area contributed by atoms with Crippen LogP contribution in [-0.2, 0) is 6.54 Å². The van der Waals surface area contributed by atoms with Crippen LogP contribution in [0.1, 0.15) is 0 Å². The van der Waals surface area contributed by atoms with Gasteiger partial charge in [0.2, 0.25) is 0 Å². The molecule has 4 aromatic rings. The SMILES string of the molecule is COc1ccc(-c2nc3ccccc3c(=O)n2CCOc2ccccc2)cc1. The zero-order valence-electron chi connectivity index (χ0n) is 15.5. The summed E-state index contributed by atoms with van der Waals surface area (Å²) in [5.74, 6) is 2.14. The number of para-hydroxylation sites is 2. The number of aromatic nitrogens is 2. The fourth-order valence-corrected chi connectivity index (χ4v) is 3.11. The Labute approximate surface area is 162 Å². The minimum Gasteiger partial charge on any atom is -0.497 e. The molecule has 4 rings (SSSR count). The Morgan fingerprint density at radius 1 is 0.857 bits per heavy atom. The van der Waals surface area contributed by atoms with Crippen molar-refractivity contribution in [3.8, 4) is 22.9 Å². The molecule has 5 heteroatoms. The van der Waals surface area contributed by atoms with Gasteiger partial charge < -0.3 is 9.47 Å². The number of benzene rings is 3. The van der Waals surface area contributed by atoms with Gasteiger partial charge in [-0.3, -0.25) is 9.36 Å². The first-order chi connectivity index (χ1) is 13.8. The topological polar surface area (TPSA) is 53.3 Å². The second-order valence-corrected chi connectivity index (χ2v) is 6.30. The number of hydrogen-bond donors (Lipinski definition) is 0. The van der Waals surface area contributed by atoms with Gasteiger partial charge in [-0.15, -0.1) is 0 Å². The van der Waals surface area contributed by atoms with Gasteiger partial charge in [-0.1, -0.05) is 30.3 Å². The monoisotopic (exact) mass is 372 g/mol. The van der Waals surface area contributed by atoms with Gasteiger partial charge in [0.15, 0.2) is 0 Å². The van der Waals surface area contributed by atoms with Gasteiger partial charge >= 0.3 is 0 Å². The third-order valence-corrected chi connectivity index (χ3v) is 4.54. The highest BCUT2D eigenvalue weighted by molar-refractivity contribution is 5.79. The van der Waals surface area contributed by atoms with Crippen molar-refractivity contribution in [2.45, 2.75) is 6.54 Å². The largest absolute Gasteiger partial charge is 0.497 e. The molecule has 0 spiro atoms. The number of nitrogens with zero attached hydrogens (tertiary/aromatic N) is 2. The molecule has 0 fully saturated rings. The lowest BCUT2D eigenvalue weighted by molar-refractivity contribution is 0.297. The maximum Gasteiger partial charge on any atom is 0.261 e. The van der Waals surface area contributed by atoms with Crippen LogP contribution in [0.3, 0.4) is 0 Å². The first-order valence-corrected chi connectivity index (χ1v) is 9.08. The average molecular weight is 372 g/mol. The molecule has 0 bridgehead atoms. The fraction of sp³-hybridized carbons (Fsp3) is 0.130. The highest BCUT2D eigenvalue weighted by Gasteiger charge is 2.13. The molecule has 1 aromatic heterocycles. The van der Waals surface area contributed by atoms with E-state index in [9.17, 15) is 4.79 Å². The summed E-state index contributed by atoms with van der Waals surface area (Å²) in [6.07, 6.45) is 0. The number of ether oxygens (including phenoxy) is 2. The highest BCUT2D eigenvalue weighted by Crippen LogP contribution is 2.22. The molecule has 0 aliphatic rings. The summed E-state index contributed by atoms with van der Waals surface area (Å²) in [7, 11) is 1.63. The second kappa shape index (κ2) is 7.96. The van der Waals surface area contributed by atoms with Crippen LogP contribution in [0.15, 0.2) is 83.7 Å². The Balaban J connectivity index is 1.73. The predicted molar refractivity (Wildman–Crippen MR) is 110 cm³/mol. The molecule has 0 aliphatic carbocycles. The van der Waals surface area contributed by atoms with Crippen molar-refractivity contribution in [3.05, 3.63) is 89.2 Å². The van der Waals surface area contributed by atoms with Crippen LogP contribution < -0.4 is 15.0 Å². The molecule has 0 atom stereocenters. The first-order valence-electron chi connectivity index (χ1n) is 9.08. The quantitative estimate of drug-likeness (QED) is 0.510. The van der Waals surface area contributed by atoms with E-state index >= 15 is 0 Å². The Bertz CT molecular complexity index is 1140. The predicted octanol–water partition coefficient (Wildman–Crippen LogP) is 4.15. The van der Waals surface area contributed by atoms with E-state index in [0.29, 0.717) is 29.9 Å². The van der Waals surface area contributed by atoms with Crippen molar-refractivity contribution in [2.24, 2.45) is 0 Å². The van der Waals surface area contributed by atoms with Crippen LogP contribution in [0.5, 0.6) is 11.5 Å². The van der Waals surface area contributed by atoms with Gasteiger partial charge in [0.05, 0.1) is 24.6 Å². The van der Waals surface area contributed by atoms with Gasteiger partial charge in [0.25, 0.3) is 5.56 Å². The molecular weight excluding hydrogens is 352 g/mol. The van der Waals surface area contributed by atoms with E-state index in [1.165, 1.54) is 0 Å². The van der Waals surface area contributed by atoms with Gasteiger partial charge in [0.1, 0.15) is 23.9 Å². The van der Waals surface area contributed by atoms with Crippen LogP contribution in [0.4, 0.5) is 0 Å². The van der Waals surface area contributed by atoms with Crippen LogP contribution in [0, 0.1) is 0 Å². The van der Waals surface area contributed by atoms with Crippen LogP contribution in [0.25, 0.3) is 22.3 Å². The maximum absolute atomic E-state index is 13.1. The second-order valence-electron chi connectivity index (χ2n) is 6.30. The maximum atomic E-state index is 13.1. The Morgan fingerprint density at radius 2 is 1.57 bits per heavy atom. The lowest BCUT2D eigenvalue weighted by Gasteiger charge is -2.14. The molecule has 0 N–H and O–H groups in total. The summed E-state index contributed by atoms with van der Waals surface area (Å²) in [4.78, 5) is 17.9. The molecule has 0 unspecified atom stereocenters. The zero-order chi connectivity index (χ0) is 19.3. The third-order valence-electron chi connectivity index (χ3n) is 4.54. The van der Waals surface area contributed by atoms with Crippen molar-refractivity contribution >= 4 is 10.9 Å². The van der Waals surface area contributed by atoms with E-state index in [0.717, 1.165) is 17.1 Å². The van der Waals surface area contributed by atoms with E-state index in [4.69, 9.17) is 14.5 Å². The minimum absolute atomic E-state index is 0.0759. The molecule has 0 saturated heterocycles. The molecular formula is C23H20N2O3. The number of rotatable bonds is 6. The molecule has 5 nitrogen and oxygen atoms in total. The molecule has 28 heavy (non-hydrogen) atoms. The van der Waals surface area contributed by atoms with Crippen molar-refractivity contribution in [3.63, 3.8) is 0 Å². The minimum atomic E-state index is -0.0759. The van der Waals surface area contributed by atoms with Gasteiger partial charge in [-0.2, -0.15) is 0 Å². The van der Waals surface area contributed by atoms with Crippen molar-refractivity contribution in [1.29, 1.82) is 0 Å². The number of fused-ring (bicyclic) bond motifs is 1. The standard InChI is InChI=1S/C23H20N2O3/c1-27-18-13-11-17(12-14-18)22-24-21-10-6-5-9-20(21)23(26)25(22)15-16-28-19-7-3-2-4-8-19/h2-14H,15-16H2,1H3. The molecule has 0 saturated carbocycles. The van der Waals surface area contributed by atoms with E-state index in [-0.39, 0.29) is 5.56 Å². The number of hydrogen-bond acceptors (Lipinski definition) is 4. The van der Waals surface area contributed by atoms with Gasteiger partial charge in [-0.25, -0.2) is 4.98 Å². The van der Waals surface area contributed by atoms with Gasteiger partial charge in [-0.05, 0) is 48.5 Å². The smallest absolute Gasteiger partial charge is 0.261 e. The molecule has 140 valence electrons. The summed E-state index contributed by atoms with van der Waals surface area (Å²) >= 11 is 0. The van der Waals surface area contributed by atoms with E-state index in [2.05, 4.69) is 0 Å². The van der Waals surface area contributed by atoms with Crippen molar-refractivity contribution in [1.82, 2.24) is 9.55 Å². The molecule has 0 radical (unpaired) electrons. The highest BCUT2D eigenvalue weighted by atomic mass is 16.5. The van der Waals surface area contributed by atoms with E-state index in [1.807, 2.05) is 72.8 Å². The molecule has 3 aromatic carbocycles. The van der Waals surface area contributed by atoms with E-state index in [1.54, 1.807) is 17.7 Å². The average Bonchev–Trinajstić information content (AvgIpc) is 2.76. The summed E-state index contributed by atoms with van der Waals surface area (Å²) in [5, 5.41) is 0.597.